The van der Waals surface area contributed by atoms with Gasteiger partial charge in [-0.05, 0) is 42.7 Å². The highest BCUT2D eigenvalue weighted by molar-refractivity contribution is 5.90. The van der Waals surface area contributed by atoms with E-state index in [0.717, 1.165) is 35.7 Å². The summed E-state index contributed by atoms with van der Waals surface area (Å²) in [6, 6.07) is 16.3. The number of para-hydroxylation sites is 1. The zero-order valence-corrected chi connectivity index (χ0v) is 18.9. The maximum Gasteiger partial charge on any atom is 0.321 e. The van der Waals surface area contributed by atoms with Crippen LogP contribution in [0.4, 0.5) is 10.5 Å². The molecule has 0 saturated carbocycles. The Bertz CT molecular complexity index is 1080. The van der Waals surface area contributed by atoms with Gasteiger partial charge < -0.3 is 24.8 Å². The van der Waals surface area contributed by atoms with Crippen molar-refractivity contribution in [1.29, 1.82) is 0 Å². The average molecular weight is 448 g/mol. The molecule has 0 spiro atoms. The van der Waals surface area contributed by atoms with Crippen molar-refractivity contribution >= 4 is 17.6 Å². The lowest BCUT2D eigenvalue weighted by atomic mass is 9.96. The van der Waals surface area contributed by atoms with E-state index in [-0.39, 0.29) is 17.9 Å². The number of hydrogen-bond donors (Lipinski definition) is 2. The number of likely N-dealkylation sites (tertiary alicyclic amines) is 1. The van der Waals surface area contributed by atoms with Crippen LogP contribution in [0.15, 0.2) is 67.0 Å². The molecule has 1 aromatic heterocycles. The number of amides is 3. The maximum atomic E-state index is 13.3. The second kappa shape index (κ2) is 10.2. The van der Waals surface area contributed by atoms with Crippen molar-refractivity contribution in [2.45, 2.75) is 18.9 Å². The Labute approximate surface area is 193 Å². The third-order valence-electron chi connectivity index (χ3n) is 5.96. The van der Waals surface area contributed by atoms with E-state index in [4.69, 9.17) is 4.74 Å². The Balaban J connectivity index is 1.46. The summed E-state index contributed by atoms with van der Waals surface area (Å²) in [6.07, 6.45) is 5.08. The Kier molecular flexibility index (Phi) is 6.92. The van der Waals surface area contributed by atoms with Crippen molar-refractivity contribution in [3.05, 3.63) is 78.4 Å². The first kappa shape index (κ1) is 22.4. The molecule has 0 aliphatic carbocycles. The van der Waals surface area contributed by atoms with E-state index in [0.29, 0.717) is 13.1 Å². The molecule has 1 aliphatic heterocycles. The van der Waals surface area contributed by atoms with Crippen molar-refractivity contribution in [3.63, 3.8) is 0 Å². The van der Waals surface area contributed by atoms with Gasteiger partial charge in [0.2, 0.25) is 5.91 Å². The van der Waals surface area contributed by atoms with Gasteiger partial charge in [0.1, 0.15) is 17.6 Å². The fourth-order valence-corrected chi connectivity index (χ4v) is 4.11. The normalized spacial score (nSPS) is 16.7. The number of benzene rings is 2. The molecule has 2 N–H and O–H groups in total. The molecule has 2 unspecified atom stereocenters. The predicted molar refractivity (Wildman–Crippen MR) is 126 cm³/mol. The molecular formula is C25H29N5O3. The Morgan fingerprint density at radius 1 is 1.12 bits per heavy atom. The summed E-state index contributed by atoms with van der Waals surface area (Å²) in [5.74, 6) is 1.11. The van der Waals surface area contributed by atoms with Crippen LogP contribution in [0.3, 0.4) is 0 Å². The fraction of sp³-hybridized carbons (Fsp3) is 0.320. The van der Waals surface area contributed by atoms with Crippen molar-refractivity contribution in [3.8, 4) is 5.75 Å². The van der Waals surface area contributed by atoms with Crippen LogP contribution in [-0.4, -0.2) is 46.6 Å². The zero-order chi connectivity index (χ0) is 23.2. The molecule has 4 rings (SSSR count). The summed E-state index contributed by atoms with van der Waals surface area (Å²) in [6.45, 7) is 1.00. The molecule has 172 valence electrons. The molecule has 2 atom stereocenters. The van der Waals surface area contributed by atoms with E-state index in [1.165, 1.54) is 0 Å². The minimum Gasteiger partial charge on any atom is -0.497 e. The Hall–Kier alpha value is -3.81. The number of anilines is 1. The fourth-order valence-electron chi connectivity index (χ4n) is 4.11. The molecule has 3 amide bonds. The monoisotopic (exact) mass is 447 g/mol. The lowest BCUT2D eigenvalue weighted by Gasteiger charge is -2.33. The first-order valence-corrected chi connectivity index (χ1v) is 11.1. The third kappa shape index (κ3) is 5.34. The third-order valence-corrected chi connectivity index (χ3v) is 5.96. The first-order valence-electron chi connectivity index (χ1n) is 11.1. The molecular weight excluding hydrogens is 418 g/mol. The summed E-state index contributed by atoms with van der Waals surface area (Å²) in [5, 5.41) is 6.08. The van der Waals surface area contributed by atoms with Crippen LogP contribution in [0.5, 0.6) is 5.75 Å². The molecule has 2 heterocycles. The Morgan fingerprint density at radius 2 is 1.88 bits per heavy atom. The van der Waals surface area contributed by atoms with Gasteiger partial charge in [-0.1, -0.05) is 30.3 Å². The summed E-state index contributed by atoms with van der Waals surface area (Å²) in [5.41, 5.74) is 1.65. The van der Waals surface area contributed by atoms with Gasteiger partial charge in [0.05, 0.1) is 13.0 Å². The number of nitrogens with zero attached hydrogens (tertiary/aromatic N) is 3. The van der Waals surface area contributed by atoms with E-state index < -0.39 is 6.04 Å². The van der Waals surface area contributed by atoms with Gasteiger partial charge in [-0.2, -0.15) is 0 Å². The number of aryl methyl sites for hydroxylation is 1. The number of ether oxygens (including phenoxy) is 1. The maximum absolute atomic E-state index is 13.3. The van der Waals surface area contributed by atoms with Crippen molar-refractivity contribution in [2.75, 3.05) is 25.5 Å². The smallest absolute Gasteiger partial charge is 0.321 e. The number of hydrogen-bond acceptors (Lipinski definition) is 4. The molecule has 0 bridgehead atoms. The van der Waals surface area contributed by atoms with Gasteiger partial charge in [-0.15, -0.1) is 0 Å². The van der Waals surface area contributed by atoms with E-state index >= 15 is 0 Å². The average Bonchev–Trinajstić information content (AvgIpc) is 3.28. The number of aromatic nitrogens is 2. The molecule has 1 fully saturated rings. The number of carbonyl (C=O) groups excluding carboxylic acids is 2. The summed E-state index contributed by atoms with van der Waals surface area (Å²) >= 11 is 0. The largest absolute Gasteiger partial charge is 0.497 e. The zero-order valence-electron chi connectivity index (χ0n) is 18.9. The minimum atomic E-state index is -0.406. The topological polar surface area (TPSA) is 88.5 Å². The SMILES string of the molecule is COc1ccc(C(NC(=O)C2CCCN(C(=O)Nc3ccccc3)C2)c2nccn2C)cc1. The second-order valence-electron chi connectivity index (χ2n) is 8.19. The second-order valence-corrected chi connectivity index (χ2v) is 8.19. The summed E-state index contributed by atoms with van der Waals surface area (Å²) in [7, 11) is 3.52. The van der Waals surface area contributed by atoms with Gasteiger partial charge in [-0.3, -0.25) is 4.79 Å². The van der Waals surface area contributed by atoms with E-state index in [1.807, 2.05) is 72.4 Å². The Morgan fingerprint density at radius 3 is 2.55 bits per heavy atom. The quantitative estimate of drug-likeness (QED) is 0.605. The van der Waals surface area contributed by atoms with Crippen LogP contribution < -0.4 is 15.4 Å². The highest BCUT2D eigenvalue weighted by Gasteiger charge is 2.31. The van der Waals surface area contributed by atoms with Crippen LogP contribution in [0.1, 0.15) is 30.3 Å². The first-order chi connectivity index (χ1) is 16.0. The lowest BCUT2D eigenvalue weighted by Crippen LogP contribution is -2.47. The van der Waals surface area contributed by atoms with Crippen LogP contribution in [0.2, 0.25) is 0 Å². The number of piperidine rings is 1. The number of methoxy groups -OCH3 is 1. The van der Waals surface area contributed by atoms with E-state index in [2.05, 4.69) is 15.6 Å². The van der Waals surface area contributed by atoms with E-state index in [1.54, 1.807) is 18.2 Å². The van der Waals surface area contributed by atoms with Crippen molar-refractivity contribution in [1.82, 2.24) is 19.8 Å². The molecule has 2 aromatic carbocycles. The number of carbonyl (C=O) groups is 2. The molecule has 1 aliphatic rings. The van der Waals surface area contributed by atoms with Crippen LogP contribution in [-0.2, 0) is 11.8 Å². The number of urea groups is 1. The van der Waals surface area contributed by atoms with Crippen molar-refractivity contribution < 1.29 is 14.3 Å². The van der Waals surface area contributed by atoms with Gasteiger partial charge in [0, 0.05) is 38.2 Å². The van der Waals surface area contributed by atoms with Crippen LogP contribution in [0.25, 0.3) is 0 Å². The highest BCUT2D eigenvalue weighted by atomic mass is 16.5. The van der Waals surface area contributed by atoms with Gasteiger partial charge in [-0.25, -0.2) is 9.78 Å². The minimum absolute atomic E-state index is 0.0870. The number of nitrogens with one attached hydrogen (secondary N) is 2. The number of rotatable bonds is 6. The summed E-state index contributed by atoms with van der Waals surface area (Å²) < 4.78 is 7.16. The molecule has 8 nitrogen and oxygen atoms in total. The van der Waals surface area contributed by atoms with Crippen LogP contribution >= 0.6 is 0 Å². The molecule has 3 aromatic rings. The predicted octanol–water partition coefficient (Wildman–Crippen LogP) is 3.58. The van der Waals surface area contributed by atoms with Gasteiger partial charge in [0.15, 0.2) is 0 Å². The van der Waals surface area contributed by atoms with E-state index in [9.17, 15) is 9.59 Å². The summed E-state index contributed by atoms with van der Waals surface area (Å²) in [4.78, 5) is 32.2. The molecule has 8 heteroatoms. The van der Waals surface area contributed by atoms with Crippen molar-refractivity contribution in [2.24, 2.45) is 13.0 Å². The molecule has 1 saturated heterocycles. The lowest BCUT2D eigenvalue weighted by molar-refractivity contribution is -0.126. The van der Waals surface area contributed by atoms with Gasteiger partial charge >= 0.3 is 6.03 Å². The highest BCUT2D eigenvalue weighted by Crippen LogP contribution is 2.25. The van der Waals surface area contributed by atoms with Gasteiger partial charge in [0.25, 0.3) is 0 Å². The van der Waals surface area contributed by atoms with Crippen LogP contribution in [0, 0.1) is 5.92 Å². The number of imidazole rings is 1. The molecule has 33 heavy (non-hydrogen) atoms. The molecule has 0 radical (unpaired) electrons. The standard InChI is InChI=1S/C25H29N5O3/c1-29-16-14-26-23(29)22(18-10-12-21(33-2)13-11-18)28-24(31)19-7-6-15-30(17-19)25(32)27-20-8-4-3-5-9-20/h3-5,8-14,16,19,22H,6-7,15,17H2,1-2H3,(H,27,32)(H,28,31).